The number of hydrogen-bond acceptors (Lipinski definition) is 5. The van der Waals surface area contributed by atoms with Gasteiger partial charge in [-0.15, -0.1) is 0 Å². The van der Waals surface area contributed by atoms with E-state index in [2.05, 4.69) is 21.0 Å². The van der Waals surface area contributed by atoms with Crippen molar-refractivity contribution < 1.29 is 9.53 Å². The molecule has 132 valence electrons. The fourth-order valence-corrected chi connectivity index (χ4v) is 3.94. The van der Waals surface area contributed by atoms with Crippen LogP contribution in [-0.4, -0.2) is 51.8 Å². The maximum atomic E-state index is 13.2. The molecule has 1 saturated heterocycles. The first-order valence-corrected chi connectivity index (χ1v) is 8.68. The normalized spacial score (nSPS) is 19.5. The summed E-state index contributed by atoms with van der Waals surface area (Å²) in [4.78, 5) is 22.1. The van der Waals surface area contributed by atoms with E-state index >= 15 is 0 Å². The molecule has 2 aromatic rings. The average Bonchev–Trinajstić information content (AvgIpc) is 3.17. The van der Waals surface area contributed by atoms with Crippen molar-refractivity contribution in [3.05, 3.63) is 41.5 Å². The van der Waals surface area contributed by atoms with Crippen molar-refractivity contribution in [2.24, 2.45) is 7.05 Å². The lowest BCUT2D eigenvalue weighted by Gasteiger charge is -2.27. The molecule has 0 bridgehead atoms. The third kappa shape index (κ3) is 2.89. The highest BCUT2D eigenvalue weighted by Gasteiger charge is 2.34. The number of nitrogens with zero attached hydrogens (tertiary/aromatic N) is 5. The third-order valence-corrected chi connectivity index (χ3v) is 5.03. The second-order valence-corrected chi connectivity index (χ2v) is 6.74. The molecule has 2 aliphatic heterocycles. The fraction of sp³-hybridized carbons (Fsp3) is 0.500. The summed E-state index contributed by atoms with van der Waals surface area (Å²) in [5, 5.41) is 4.37. The lowest BCUT2D eigenvalue weighted by atomic mass is 10.1. The van der Waals surface area contributed by atoms with E-state index in [1.54, 1.807) is 24.2 Å². The summed E-state index contributed by atoms with van der Waals surface area (Å²) in [6.07, 6.45) is 5.85. The Balaban J connectivity index is 1.68. The molecule has 7 nitrogen and oxygen atoms in total. The maximum absolute atomic E-state index is 13.2. The summed E-state index contributed by atoms with van der Waals surface area (Å²) in [6.45, 7) is 2.62. The fourth-order valence-electron chi connectivity index (χ4n) is 3.94. The van der Waals surface area contributed by atoms with Crippen molar-refractivity contribution >= 4 is 11.6 Å². The van der Waals surface area contributed by atoms with E-state index in [4.69, 9.17) is 4.74 Å². The van der Waals surface area contributed by atoms with Crippen LogP contribution in [0.5, 0.6) is 0 Å². The minimum atomic E-state index is 0.00510. The third-order valence-electron chi connectivity index (χ3n) is 5.03. The second kappa shape index (κ2) is 6.48. The van der Waals surface area contributed by atoms with E-state index in [0.717, 1.165) is 31.6 Å². The Morgan fingerprint density at radius 1 is 1.44 bits per heavy atom. The lowest BCUT2D eigenvalue weighted by molar-refractivity contribution is 0.0731. The van der Waals surface area contributed by atoms with Crippen molar-refractivity contribution in [2.75, 3.05) is 25.1 Å². The van der Waals surface area contributed by atoms with Crippen LogP contribution >= 0.6 is 0 Å². The Kier molecular flexibility index (Phi) is 4.17. The van der Waals surface area contributed by atoms with Gasteiger partial charge in [0.1, 0.15) is 5.69 Å². The van der Waals surface area contributed by atoms with Gasteiger partial charge < -0.3 is 14.5 Å². The molecule has 0 aromatic carbocycles. The van der Waals surface area contributed by atoms with Gasteiger partial charge in [-0.25, -0.2) is 0 Å². The van der Waals surface area contributed by atoms with E-state index in [1.807, 2.05) is 18.0 Å². The number of hydrogen-bond donors (Lipinski definition) is 0. The first-order chi connectivity index (χ1) is 12.2. The molecule has 7 heteroatoms. The van der Waals surface area contributed by atoms with Crippen LogP contribution in [0.25, 0.3) is 0 Å². The van der Waals surface area contributed by atoms with Gasteiger partial charge in [0.25, 0.3) is 5.91 Å². The summed E-state index contributed by atoms with van der Waals surface area (Å²) >= 11 is 0. The minimum Gasteiger partial charge on any atom is -0.378 e. The first kappa shape index (κ1) is 16.1. The predicted octanol–water partition coefficient (Wildman–Crippen LogP) is 1.59. The second-order valence-electron chi connectivity index (χ2n) is 6.74. The zero-order chi connectivity index (χ0) is 17.4. The van der Waals surface area contributed by atoms with E-state index in [0.29, 0.717) is 30.5 Å². The summed E-state index contributed by atoms with van der Waals surface area (Å²) in [6, 6.07) is 4.45. The van der Waals surface area contributed by atoms with Gasteiger partial charge in [0.05, 0.1) is 30.1 Å². The van der Waals surface area contributed by atoms with Gasteiger partial charge in [-0.3, -0.25) is 14.5 Å². The summed E-state index contributed by atoms with van der Waals surface area (Å²) < 4.78 is 6.88. The van der Waals surface area contributed by atoms with Gasteiger partial charge in [-0.1, -0.05) is 0 Å². The highest BCUT2D eigenvalue weighted by molar-refractivity contribution is 5.95. The number of aromatic nitrogens is 3. The monoisotopic (exact) mass is 341 g/mol. The van der Waals surface area contributed by atoms with Crippen molar-refractivity contribution in [1.29, 1.82) is 0 Å². The number of anilines is 1. The summed E-state index contributed by atoms with van der Waals surface area (Å²) in [5.41, 5.74) is 3.44. The Morgan fingerprint density at radius 3 is 3.16 bits per heavy atom. The highest BCUT2D eigenvalue weighted by atomic mass is 16.5. The van der Waals surface area contributed by atoms with Gasteiger partial charge in [-0.05, 0) is 25.0 Å². The topological polar surface area (TPSA) is 63.5 Å². The number of fused-ring (bicyclic) bond motifs is 3. The van der Waals surface area contributed by atoms with Crippen molar-refractivity contribution in [1.82, 2.24) is 19.7 Å². The number of rotatable bonds is 3. The molecule has 0 aliphatic carbocycles. The molecule has 0 N–H and O–H groups in total. The number of carbonyl (C=O) groups excluding carboxylic acids is 1. The average molecular weight is 341 g/mol. The predicted molar refractivity (Wildman–Crippen MR) is 93.3 cm³/mol. The van der Waals surface area contributed by atoms with E-state index < -0.39 is 0 Å². The zero-order valence-corrected chi connectivity index (χ0v) is 14.7. The van der Waals surface area contributed by atoms with Gasteiger partial charge in [-0.2, -0.15) is 5.10 Å². The summed E-state index contributed by atoms with van der Waals surface area (Å²) in [5.74, 6) is 0.00510. The lowest BCUT2D eigenvalue weighted by Crippen LogP contribution is -2.40. The van der Waals surface area contributed by atoms with Gasteiger partial charge >= 0.3 is 0 Å². The quantitative estimate of drug-likeness (QED) is 0.848. The molecule has 1 fully saturated rings. The maximum Gasteiger partial charge on any atom is 0.257 e. The van der Waals surface area contributed by atoms with Crippen LogP contribution in [0.2, 0.25) is 0 Å². The number of amides is 1. The molecule has 1 amide bonds. The van der Waals surface area contributed by atoms with Crippen LogP contribution < -0.4 is 4.90 Å². The largest absolute Gasteiger partial charge is 0.378 e. The molecule has 2 aliphatic rings. The standard InChI is InChI=1S/C18H23N5O2/c1-21-10-14(16(20-21)12-25-2)18(24)22-9-13-5-4-8-23(13)17-6-3-7-19-15(17)11-22/h3,6-7,10,13H,4-5,8-9,11-12H2,1-2H3/t13-/m0/s1. The molecule has 1 atom stereocenters. The number of pyridine rings is 1. The van der Waals surface area contributed by atoms with Crippen molar-refractivity contribution in [3.63, 3.8) is 0 Å². The molecule has 0 saturated carbocycles. The van der Waals surface area contributed by atoms with E-state index in [-0.39, 0.29) is 5.91 Å². The zero-order valence-electron chi connectivity index (χ0n) is 14.7. The smallest absolute Gasteiger partial charge is 0.257 e. The van der Waals surface area contributed by atoms with Gasteiger partial charge in [0.2, 0.25) is 0 Å². The number of ether oxygens (including phenoxy) is 1. The molecular formula is C18H23N5O2. The number of methoxy groups -OCH3 is 1. The Labute approximate surface area is 147 Å². The van der Waals surface area contributed by atoms with Crippen molar-refractivity contribution in [3.8, 4) is 0 Å². The Bertz CT molecular complexity index is 788. The number of aryl methyl sites for hydroxylation is 1. The van der Waals surface area contributed by atoms with Gasteiger partial charge in [0.15, 0.2) is 0 Å². The summed E-state index contributed by atoms with van der Waals surface area (Å²) in [7, 11) is 3.44. The van der Waals surface area contributed by atoms with Gasteiger partial charge in [0, 0.05) is 45.7 Å². The van der Waals surface area contributed by atoms with Crippen LogP contribution in [0.1, 0.15) is 34.6 Å². The molecule has 4 heterocycles. The van der Waals surface area contributed by atoms with Crippen LogP contribution in [0, 0.1) is 0 Å². The van der Waals surface area contributed by atoms with Crippen molar-refractivity contribution in [2.45, 2.75) is 32.0 Å². The first-order valence-electron chi connectivity index (χ1n) is 8.68. The van der Waals surface area contributed by atoms with E-state index in [9.17, 15) is 4.79 Å². The minimum absolute atomic E-state index is 0.00510. The van der Waals surface area contributed by atoms with E-state index in [1.165, 1.54) is 5.69 Å². The SMILES string of the molecule is COCc1nn(C)cc1C(=O)N1Cc2ncccc2N2CCC[C@H]2C1. The number of carbonyl (C=O) groups is 1. The molecule has 0 spiro atoms. The molecule has 0 unspecified atom stereocenters. The highest BCUT2D eigenvalue weighted by Crippen LogP contribution is 2.32. The van der Waals surface area contributed by atoms with Crippen LogP contribution in [0.15, 0.2) is 24.5 Å². The van der Waals surface area contributed by atoms with Crippen LogP contribution in [0.3, 0.4) is 0 Å². The molecular weight excluding hydrogens is 318 g/mol. The molecule has 2 aromatic heterocycles. The molecule has 0 radical (unpaired) electrons. The molecule has 25 heavy (non-hydrogen) atoms. The Hall–Kier alpha value is -2.41. The van der Waals surface area contributed by atoms with Crippen LogP contribution in [0.4, 0.5) is 5.69 Å². The molecule has 4 rings (SSSR count). The van der Waals surface area contributed by atoms with Crippen LogP contribution in [-0.2, 0) is 24.9 Å². The Morgan fingerprint density at radius 2 is 2.32 bits per heavy atom.